The van der Waals surface area contributed by atoms with Crippen LogP contribution in [-0.4, -0.2) is 9.97 Å². The lowest BCUT2D eigenvalue weighted by Crippen LogP contribution is -1.83. The molecule has 98 valence electrons. The molecule has 0 unspecified atom stereocenters. The van der Waals surface area contributed by atoms with Crippen molar-refractivity contribution < 1.29 is 0 Å². The quantitative estimate of drug-likeness (QED) is 0.634. The van der Waals surface area contributed by atoms with Crippen molar-refractivity contribution in [2.24, 2.45) is 0 Å². The first-order valence-corrected chi connectivity index (χ1v) is 7.32. The van der Waals surface area contributed by atoms with Crippen LogP contribution < -0.4 is 0 Å². The Labute approximate surface area is 126 Å². The molecule has 3 aromatic rings. The van der Waals surface area contributed by atoms with Gasteiger partial charge in [-0.3, -0.25) is 0 Å². The lowest BCUT2D eigenvalue weighted by molar-refractivity contribution is 1.18. The monoisotopic (exact) mass is 298 g/mol. The highest BCUT2D eigenvalue weighted by molar-refractivity contribution is 7.16. The molecule has 0 saturated heterocycles. The third-order valence-electron chi connectivity index (χ3n) is 2.75. The van der Waals surface area contributed by atoms with Crippen molar-refractivity contribution in [2.75, 3.05) is 0 Å². The summed E-state index contributed by atoms with van der Waals surface area (Å²) in [5.41, 5.74) is 2.04. The van der Waals surface area contributed by atoms with Gasteiger partial charge in [0.25, 0.3) is 0 Å². The molecule has 0 aliphatic rings. The molecule has 0 aliphatic heterocycles. The Kier molecular flexibility index (Phi) is 3.90. The molecule has 0 saturated carbocycles. The zero-order valence-corrected chi connectivity index (χ0v) is 12.1. The van der Waals surface area contributed by atoms with Crippen molar-refractivity contribution in [3.63, 3.8) is 0 Å². The third kappa shape index (κ3) is 3.13. The van der Waals surface area contributed by atoms with Gasteiger partial charge in [0, 0.05) is 11.1 Å². The molecule has 1 aromatic carbocycles. The van der Waals surface area contributed by atoms with Gasteiger partial charge in [0.1, 0.15) is 0 Å². The number of benzene rings is 1. The number of hydrogen-bond acceptors (Lipinski definition) is 3. The van der Waals surface area contributed by atoms with Crippen LogP contribution in [0.2, 0.25) is 5.28 Å². The average Bonchev–Trinajstić information content (AvgIpc) is 2.95. The van der Waals surface area contributed by atoms with E-state index in [1.165, 1.54) is 10.4 Å². The second-order valence-electron chi connectivity index (χ2n) is 4.16. The first kappa shape index (κ1) is 13.0. The molecule has 2 aromatic heterocycles. The summed E-state index contributed by atoms with van der Waals surface area (Å²) in [6.07, 6.45) is 5.87. The molecular weight excluding hydrogens is 288 g/mol. The predicted octanol–water partition coefficient (Wildman–Crippen LogP) is 5.03. The van der Waals surface area contributed by atoms with Gasteiger partial charge in [-0.2, -0.15) is 0 Å². The summed E-state index contributed by atoms with van der Waals surface area (Å²) < 4.78 is 0. The van der Waals surface area contributed by atoms with Crippen molar-refractivity contribution in [3.05, 3.63) is 70.5 Å². The SMILES string of the molecule is Clc1nccc(-c2ccc(/C=C/c3ccccc3)s2)n1. The van der Waals surface area contributed by atoms with Crippen LogP contribution in [0.3, 0.4) is 0 Å². The molecule has 4 heteroatoms. The molecule has 20 heavy (non-hydrogen) atoms. The normalized spacial score (nSPS) is 11.1. The van der Waals surface area contributed by atoms with Crippen LogP contribution in [0.25, 0.3) is 22.7 Å². The average molecular weight is 299 g/mol. The van der Waals surface area contributed by atoms with Crippen LogP contribution in [0, 0.1) is 0 Å². The minimum Gasteiger partial charge on any atom is -0.226 e. The van der Waals surface area contributed by atoms with Crippen LogP contribution >= 0.6 is 22.9 Å². The third-order valence-corrected chi connectivity index (χ3v) is 4.00. The number of halogens is 1. The molecule has 2 heterocycles. The maximum atomic E-state index is 5.81. The van der Waals surface area contributed by atoms with Gasteiger partial charge in [-0.1, -0.05) is 36.4 Å². The molecule has 3 rings (SSSR count). The standard InChI is InChI=1S/C16H11ClN2S/c17-16-18-11-10-14(19-16)15-9-8-13(20-15)7-6-12-4-2-1-3-5-12/h1-11H/b7-6+. The van der Waals surface area contributed by atoms with Gasteiger partial charge in [-0.25, -0.2) is 9.97 Å². The summed E-state index contributed by atoms with van der Waals surface area (Å²) in [6, 6.07) is 16.2. The summed E-state index contributed by atoms with van der Waals surface area (Å²) in [6.45, 7) is 0. The first-order chi connectivity index (χ1) is 9.81. The Morgan fingerprint density at radius 1 is 0.950 bits per heavy atom. The molecule has 0 bridgehead atoms. The van der Waals surface area contributed by atoms with Crippen molar-refractivity contribution in [2.45, 2.75) is 0 Å². The van der Waals surface area contributed by atoms with Gasteiger partial charge >= 0.3 is 0 Å². The number of hydrogen-bond donors (Lipinski definition) is 0. The van der Waals surface area contributed by atoms with Crippen LogP contribution in [0.1, 0.15) is 10.4 Å². The maximum Gasteiger partial charge on any atom is 0.222 e. The number of thiophene rings is 1. The Hall–Kier alpha value is -1.97. The minimum absolute atomic E-state index is 0.275. The summed E-state index contributed by atoms with van der Waals surface area (Å²) in [5.74, 6) is 0. The Bertz CT molecular complexity index is 735. The number of rotatable bonds is 3. The van der Waals surface area contributed by atoms with Gasteiger partial charge < -0.3 is 0 Å². The van der Waals surface area contributed by atoms with Crippen molar-refractivity contribution in [1.82, 2.24) is 9.97 Å². The van der Waals surface area contributed by atoms with Crippen molar-refractivity contribution >= 4 is 35.1 Å². The Morgan fingerprint density at radius 3 is 2.60 bits per heavy atom. The van der Waals surface area contributed by atoms with Crippen LogP contribution in [-0.2, 0) is 0 Å². The van der Waals surface area contributed by atoms with E-state index >= 15 is 0 Å². The van der Waals surface area contributed by atoms with Gasteiger partial charge in [0.2, 0.25) is 5.28 Å². The van der Waals surface area contributed by atoms with Gasteiger partial charge in [-0.15, -0.1) is 11.3 Å². The summed E-state index contributed by atoms with van der Waals surface area (Å²) in [7, 11) is 0. The lowest BCUT2D eigenvalue weighted by atomic mass is 10.2. The van der Waals surface area contributed by atoms with E-state index in [4.69, 9.17) is 11.6 Å². The molecule has 0 amide bonds. The van der Waals surface area contributed by atoms with E-state index in [2.05, 4.69) is 40.3 Å². The Balaban J connectivity index is 1.82. The smallest absolute Gasteiger partial charge is 0.222 e. The first-order valence-electron chi connectivity index (χ1n) is 6.13. The van der Waals surface area contributed by atoms with Crippen LogP contribution in [0.4, 0.5) is 0 Å². The fourth-order valence-corrected chi connectivity index (χ4v) is 2.82. The number of nitrogens with zero attached hydrogens (tertiary/aromatic N) is 2. The second kappa shape index (κ2) is 5.99. The zero-order chi connectivity index (χ0) is 13.8. The van der Waals surface area contributed by atoms with E-state index in [-0.39, 0.29) is 5.28 Å². The van der Waals surface area contributed by atoms with Gasteiger partial charge in [0.05, 0.1) is 10.6 Å². The van der Waals surface area contributed by atoms with Gasteiger partial charge in [-0.05, 0) is 41.4 Å². The summed E-state index contributed by atoms with van der Waals surface area (Å²) in [4.78, 5) is 10.4. The van der Waals surface area contributed by atoms with Crippen LogP contribution in [0.15, 0.2) is 54.7 Å². The van der Waals surface area contributed by atoms with E-state index in [1.807, 2.05) is 30.3 Å². The molecular formula is C16H11ClN2S. The largest absolute Gasteiger partial charge is 0.226 e. The van der Waals surface area contributed by atoms with Gasteiger partial charge in [0.15, 0.2) is 0 Å². The fourth-order valence-electron chi connectivity index (χ4n) is 1.79. The topological polar surface area (TPSA) is 25.8 Å². The molecule has 0 N–H and O–H groups in total. The second-order valence-corrected chi connectivity index (χ2v) is 5.61. The van der Waals surface area contributed by atoms with E-state index < -0.39 is 0 Å². The summed E-state index contributed by atoms with van der Waals surface area (Å²) >= 11 is 7.49. The zero-order valence-electron chi connectivity index (χ0n) is 10.5. The maximum absolute atomic E-state index is 5.81. The molecule has 0 atom stereocenters. The minimum atomic E-state index is 0.275. The van der Waals surface area contributed by atoms with Crippen molar-refractivity contribution in [3.8, 4) is 10.6 Å². The van der Waals surface area contributed by atoms with E-state index in [0.717, 1.165) is 10.6 Å². The highest BCUT2D eigenvalue weighted by atomic mass is 35.5. The van der Waals surface area contributed by atoms with E-state index in [9.17, 15) is 0 Å². The molecule has 2 nitrogen and oxygen atoms in total. The van der Waals surface area contributed by atoms with Crippen molar-refractivity contribution in [1.29, 1.82) is 0 Å². The highest BCUT2D eigenvalue weighted by Gasteiger charge is 2.03. The predicted molar refractivity (Wildman–Crippen MR) is 85.7 cm³/mol. The molecule has 0 spiro atoms. The van der Waals surface area contributed by atoms with E-state index in [1.54, 1.807) is 17.5 Å². The van der Waals surface area contributed by atoms with Crippen LogP contribution in [0.5, 0.6) is 0 Å². The fraction of sp³-hybridized carbons (Fsp3) is 0. The molecule has 0 aliphatic carbocycles. The number of aromatic nitrogens is 2. The Morgan fingerprint density at radius 2 is 1.80 bits per heavy atom. The lowest BCUT2D eigenvalue weighted by Gasteiger charge is -1.95. The highest BCUT2D eigenvalue weighted by Crippen LogP contribution is 2.28. The molecule has 0 fully saturated rings. The van der Waals surface area contributed by atoms with E-state index in [0.29, 0.717) is 0 Å². The molecule has 0 radical (unpaired) electrons. The summed E-state index contributed by atoms with van der Waals surface area (Å²) in [5, 5.41) is 0.275.